The van der Waals surface area contributed by atoms with E-state index in [1.165, 1.54) is 0 Å². The standard InChI is InChI=1S/C16H22N2O3/c1-11-4-6-12(7-5-11)13(17)14(19)18-9-3-8-16(2,10-18)15(20)21/h4-7,13H,3,8-10,17H2,1-2H3,(H,20,21). The summed E-state index contributed by atoms with van der Waals surface area (Å²) in [5.41, 5.74) is 7.04. The Morgan fingerprint density at radius 2 is 1.95 bits per heavy atom. The van der Waals surface area contributed by atoms with Crippen molar-refractivity contribution in [3.63, 3.8) is 0 Å². The lowest BCUT2D eigenvalue weighted by molar-refractivity contribution is -0.153. The predicted molar refractivity (Wildman–Crippen MR) is 79.7 cm³/mol. The summed E-state index contributed by atoms with van der Waals surface area (Å²) in [6.45, 7) is 4.45. The van der Waals surface area contributed by atoms with E-state index in [9.17, 15) is 14.7 Å². The molecule has 5 nitrogen and oxygen atoms in total. The normalized spacial score (nSPS) is 23.7. The van der Waals surface area contributed by atoms with Crippen molar-refractivity contribution in [3.05, 3.63) is 35.4 Å². The molecule has 1 saturated heterocycles. The monoisotopic (exact) mass is 290 g/mol. The molecule has 2 unspecified atom stereocenters. The summed E-state index contributed by atoms with van der Waals surface area (Å²) >= 11 is 0. The van der Waals surface area contributed by atoms with Gasteiger partial charge in [0.15, 0.2) is 0 Å². The number of hydrogen-bond donors (Lipinski definition) is 2. The highest BCUT2D eigenvalue weighted by Gasteiger charge is 2.40. The zero-order valence-electron chi connectivity index (χ0n) is 12.5. The van der Waals surface area contributed by atoms with Crippen LogP contribution >= 0.6 is 0 Å². The number of nitrogens with two attached hydrogens (primary N) is 1. The molecule has 0 saturated carbocycles. The minimum absolute atomic E-state index is 0.203. The van der Waals surface area contributed by atoms with Crippen molar-refractivity contribution < 1.29 is 14.7 Å². The Kier molecular flexibility index (Phi) is 4.32. The van der Waals surface area contributed by atoms with Crippen LogP contribution < -0.4 is 5.73 Å². The van der Waals surface area contributed by atoms with Gasteiger partial charge in [0, 0.05) is 13.1 Å². The number of carboxylic acid groups (broad SMARTS) is 1. The Bertz CT molecular complexity index is 541. The van der Waals surface area contributed by atoms with E-state index in [4.69, 9.17) is 5.73 Å². The van der Waals surface area contributed by atoms with E-state index in [0.717, 1.165) is 11.1 Å². The zero-order chi connectivity index (χ0) is 15.6. The molecule has 1 aromatic rings. The molecule has 1 heterocycles. The number of nitrogens with zero attached hydrogens (tertiary/aromatic N) is 1. The molecule has 1 aliphatic rings. The Morgan fingerprint density at radius 1 is 1.33 bits per heavy atom. The second-order valence-corrected chi connectivity index (χ2v) is 6.12. The number of piperidine rings is 1. The van der Waals surface area contributed by atoms with Gasteiger partial charge in [-0.25, -0.2) is 0 Å². The van der Waals surface area contributed by atoms with Crippen LogP contribution in [0.15, 0.2) is 24.3 Å². The van der Waals surface area contributed by atoms with Gasteiger partial charge in [-0.2, -0.15) is 0 Å². The molecule has 3 N–H and O–H groups in total. The molecule has 0 bridgehead atoms. The highest BCUT2D eigenvalue weighted by atomic mass is 16.4. The molecular weight excluding hydrogens is 268 g/mol. The van der Waals surface area contributed by atoms with Gasteiger partial charge < -0.3 is 15.7 Å². The maximum Gasteiger partial charge on any atom is 0.311 e. The Hall–Kier alpha value is -1.88. The fraction of sp³-hybridized carbons (Fsp3) is 0.500. The second kappa shape index (κ2) is 5.85. The van der Waals surface area contributed by atoms with E-state index in [-0.39, 0.29) is 12.5 Å². The van der Waals surface area contributed by atoms with Crippen molar-refractivity contribution in [2.24, 2.45) is 11.1 Å². The van der Waals surface area contributed by atoms with Gasteiger partial charge in [0.05, 0.1) is 5.41 Å². The summed E-state index contributed by atoms with van der Waals surface area (Å²) in [4.78, 5) is 25.4. The van der Waals surface area contributed by atoms with Crippen LogP contribution in [0.3, 0.4) is 0 Å². The molecule has 21 heavy (non-hydrogen) atoms. The van der Waals surface area contributed by atoms with E-state index < -0.39 is 17.4 Å². The number of benzene rings is 1. The summed E-state index contributed by atoms with van der Waals surface area (Å²) in [6, 6.07) is 6.79. The summed E-state index contributed by atoms with van der Waals surface area (Å²) in [6.07, 6.45) is 1.28. The van der Waals surface area contributed by atoms with Gasteiger partial charge in [-0.15, -0.1) is 0 Å². The molecule has 114 valence electrons. The number of carbonyl (C=O) groups excluding carboxylic acids is 1. The number of carboxylic acids is 1. The lowest BCUT2D eigenvalue weighted by Crippen LogP contribution is -2.50. The van der Waals surface area contributed by atoms with E-state index in [2.05, 4.69) is 0 Å². The van der Waals surface area contributed by atoms with Crippen LogP contribution in [0, 0.1) is 12.3 Å². The average molecular weight is 290 g/mol. The average Bonchev–Trinajstić information content (AvgIpc) is 2.46. The molecule has 0 radical (unpaired) electrons. The molecular formula is C16H22N2O3. The van der Waals surface area contributed by atoms with Crippen LogP contribution in [0.4, 0.5) is 0 Å². The van der Waals surface area contributed by atoms with Crippen molar-refractivity contribution in [2.75, 3.05) is 13.1 Å². The quantitative estimate of drug-likeness (QED) is 0.887. The van der Waals surface area contributed by atoms with Crippen LogP contribution in [-0.2, 0) is 9.59 Å². The van der Waals surface area contributed by atoms with Gasteiger partial charge >= 0.3 is 5.97 Å². The lowest BCUT2D eigenvalue weighted by Gasteiger charge is -2.38. The van der Waals surface area contributed by atoms with Gasteiger partial charge in [-0.1, -0.05) is 29.8 Å². The van der Waals surface area contributed by atoms with E-state index >= 15 is 0 Å². The number of hydrogen-bond acceptors (Lipinski definition) is 3. The molecule has 2 atom stereocenters. The maximum atomic E-state index is 12.5. The first-order chi connectivity index (χ1) is 9.83. The van der Waals surface area contributed by atoms with Crippen LogP contribution in [0.25, 0.3) is 0 Å². The first-order valence-electron chi connectivity index (χ1n) is 7.18. The molecule has 0 spiro atoms. The third-order valence-corrected chi connectivity index (χ3v) is 4.23. The number of likely N-dealkylation sites (tertiary alicyclic amines) is 1. The number of carbonyl (C=O) groups is 2. The second-order valence-electron chi connectivity index (χ2n) is 6.12. The molecule has 2 rings (SSSR count). The van der Waals surface area contributed by atoms with Gasteiger partial charge in [-0.05, 0) is 32.3 Å². The fourth-order valence-electron chi connectivity index (χ4n) is 2.72. The van der Waals surface area contributed by atoms with Gasteiger partial charge in [0.25, 0.3) is 0 Å². The molecule has 1 aliphatic heterocycles. The van der Waals surface area contributed by atoms with Crippen LogP contribution in [-0.4, -0.2) is 35.0 Å². The predicted octanol–water partition coefficient (Wildman–Crippen LogP) is 1.71. The topological polar surface area (TPSA) is 83.6 Å². The molecule has 5 heteroatoms. The smallest absolute Gasteiger partial charge is 0.311 e. The van der Waals surface area contributed by atoms with Crippen molar-refractivity contribution >= 4 is 11.9 Å². The molecule has 1 aromatic carbocycles. The summed E-state index contributed by atoms with van der Waals surface area (Å²) in [5.74, 6) is -1.06. The number of amides is 1. The van der Waals surface area contributed by atoms with Gasteiger partial charge in [-0.3, -0.25) is 9.59 Å². The van der Waals surface area contributed by atoms with Crippen molar-refractivity contribution in [2.45, 2.75) is 32.7 Å². The Labute approximate surface area is 124 Å². The molecule has 0 aliphatic carbocycles. The number of rotatable bonds is 3. The third kappa shape index (κ3) is 3.24. The Morgan fingerprint density at radius 3 is 2.52 bits per heavy atom. The van der Waals surface area contributed by atoms with Crippen molar-refractivity contribution in [1.82, 2.24) is 4.90 Å². The maximum absolute atomic E-state index is 12.5. The Balaban J connectivity index is 2.12. The van der Waals surface area contributed by atoms with Crippen LogP contribution in [0.2, 0.25) is 0 Å². The first kappa shape index (κ1) is 15.5. The van der Waals surface area contributed by atoms with Crippen LogP contribution in [0.1, 0.15) is 36.9 Å². The fourth-order valence-corrected chi connectivity index (χ4v) is 2.72. The highest BCUT2D eigenvalue weighted by molar-refractivity contribution is 5.84. The minimum Gasteiger partial charge on any atom is -0.481 e. The highest BCUT2D eigenvalue weighted by Crippen LogP contribution is 2.30. The van der Waals surface area contributed by atoms with Gasteiger partial charge in [0.2, 0.25) is 5.91 Å². The van der Waals surface area contributed by atoms with E-state index in [1.54, 1.807) is 11.8 Å². The lowest BCUT2D eigenvalue weighted by atomic mass is 9.81. The number of aliphatic carboxylic acids is 1. The summed E-state index contributed by atoms with van der Waals surface area (Å²) in [7, 11) is 0. The molecule has 1 fully saturated rings. The van der Waals surface area contributed by atoms with Crippen molar-refractivity contribution in [3.8, 4) is 0 Å². The zero-order valence-corrected chi connectivity index (χ0v) is 12.5. The largest absolute Gasteiger partial charge is 0.481 e. The first-order valence-corrected chi connectivity index (χ1v) is 7.18. The summed E-state index contributed by atoms with van der Waals surface area (Å²) in [5, 5.41) is 9.31. The van der Waals surface area contributed by atoms with E-state index in [1.807, 2.05) is 31.2 Å². The van der Waals surface area contributed by atoms with Crippen LogP contribution in [0.5, 0.6) is 0 Å². The SMILES string of the molecule is Cc1ccc(C(N)C(=O)N2CCCC(C)(C(=O)O)C2)cc1. The third-order valence-electron chi connectivity index (χ3n) is 4.23. The molecule has 1 amide bonds. The minimum atomic E-state index is -0.874. The molecule has 0 aromatic heterocycles. The summed E-state index contributed by atoms with van der Waals surface area (Å²) < 4.78 is 0. The number of aryl methyl sites for hydroxylation is 1. The van der Waals surface area contributed by atoms with E-state index in [0.29, 0.717) is 19.4 Å². The van der Waals surface area contributed by atoms with Crippen molar-refractivity contribution in [1.29, 1.82) is 0 Å². The van der Waals surface area contributed by atoms with Gasteiger partial charge in [0.1, 0.15) is 6.04 Å².